The van der Waals surface area contributed by atoms with Gasteiger partial charge in [-0.2, -0.15) is 0 Å². The van der Waals surface area contributed by atoms with E-state index in [9.17, 15) is 9.59 Å². The molecule has 4 rings (SSSR count). The molecule has 32 heavy (non-hydrogen) atoms. The van der Waals surface area contributed by atoms with Crippen LogP contribution in [0.2, 0.25) is 0 Å². The summed E-state index contributed by atoms with van der Waals surface area (Å²) in [7, 11) is 0. The first-order valence-electron chi connectivity index (χ1n) is 11.7. The third-order valence-electron chi connectivity index (χ3n) is 6.35. The predicted molar refractivity (Wildman–Crippen MR) is 126 cm³/mol. The Bertz CT molecular complexity index is 996. The zero-order valence-electron chi connectivity index (χ0n) is 19.3. The number of carbonyl (C=O) groups is 2. The molecule has 0 spiro atoms. The summed E-state index contributed by atoms with van der Waals surface area (Å²) in [5, 5.41) is 0.993. The lowest BCUT2D eigenvalue weighted by Gasteiger charge is -2.38. The minimum atomic E-state index is -0.672. The van der Waals surface area contributed by atoms with Gasteiger partial charge in [0.05, 0.1) is 16.4 Å². The normalized spacial score (nSPS) is 19.9. The number of hydrogen-bond donors (Lipinski definition) is 0. The highest BCUT2D eigenvalue weighted by atomic mass is 32.1. The van der Waals surface area contributed by atoms with Crippen molar-refractivity contribution in [3.63, 3.8) is 0 Å². The molecule has 6 nitrogen and oxygen atoms in total. The second-order valence-electron chi connectivity index (χ2n) is 8.66. The fourth-order valence-electron chi connectivity index (χ4n) is 4.69. The van der Waals surface area contributed by atoms with E-state index in [1.54, 1.807) is 16.2 Å². The molecule has 2 heterocycles. The lowest BCUT2D eigenvalue weighted by Crippen LogP contribution is -2.54. The number of benzene rings is 1. The molecule has 0 N–H and O–H groups in total. The molecule has 1 aliphatic heterocycles. The largest absolute Gasteiger partial charge is 0.478 e. The summed E-state index contributed by atoms with van der Waals surface area (Å²) in [4.78, 5) is 34.1. The molecule has 0 bridgehead atoms. The third-order valence-corrected chi connectivity index (χ3v) is 7.24. The lowest BCUT2D eigenvalue weighted by molar-refractivity contribution is -0.153. The number of esters is 1. The molecule has 0 saturated heterocycles. The van der Waals surface area contributed by atoms with Crippen LogP contribution in [-0.4, -0.2) is 35.1 Å². The molecule has 1 aromatic carbocycles. The Labute approximate surface area is 193 Å². The van der Waals surface area contributed by atoms with Crippen LogP contribution in [-0.2, 0) is 14.3 Å². The van der Waals surface area contributed by atoms with Crippen molar-refractivity contribution in [3.8, 4) is 17.0 Å². The van der Waals surface area contributed by atoms with E-state index in [0.717, 1.165) is 46.8 Å². The van der Waals surface area contributed by atoms with Gasteiger partial charge in [0.15, 0.2) is 6.10 Å². The molecule has 1 saturated carbocycles. The van der Waals surface area contributed by atoms with Gasteiger partial charge in [0, 0.05) is 10.4 Å². The van der Waals surface area contributed by atoms with Gasteiger partial charge >= 0.3 is 5.97 Å². The van der Waals surface area contributed by atoms with Gasteiger partial charge in [-0.1, -0.05) is 20.3 Å². The Balaban J connectivity index is 1.71. The number of fused-ring (bicyclic) bond motifs is 1. The first-order valence-corrected chi connectivity index (χ1v) is 12.5. The van der Waals surface area contributed by atoms with E-state index in [2.05, 4.69) is 4.98 Å². The highest BCUT2D eigenvalue weighted by Gasteiger charge is 2.41. The van der Waals surface area contributed by atoms with Crippen molar-refractivity contribution >= 4 is 28.9 Å². The number of aryl methyl sites for hydroxylation is 2. The van der Waals surface area contributed by atoms with Crippen LogP contribution in [0.3, 0.4) is 0 Å². The standard InChI is InChI=1S/C25H32N2O4S/c1-5-19(25(29)30-18-10-8-7-9-11-18)27-20-14-17(23-15(3)32-16(4)26-23)12-13-22(20)31-21(6-2)24(27)28/h12-14,18-19,21H,5-11H2,1-4H3. The monoisotopic (exact) mass is 456 g/mol. The van der Waals surface area contributed by atoms with Crippen LogP contribution in [0, 0.1) is 13.8 Å². The van der Waals surface area contributed by atoms with E-state index in [-0.39, 0.29) is 18.0 Å². The zero-order chi connectivity index (χ0) is 22.8. The first-order chi connectivity index (χ1) is 15.4. The van der Waals surface area contributed by atoms with Gasteiger partial charge < -0.3 is 9.47 Å². The number of rotatable bonds is 6. The number of ether oxygens (including phenoxy) is 2. The lowest BCUT2D eigenvalue weighted by atomic mass is 9.97. The van der Waals surface area contributed by atoms with Crippen molar-refractivity contribution in [2.75, 3.05) is 4.90 Å². The molecule has 1 amide bonds. The van der Waals surface area contributed by atoms with Crippen LogP contribution in [0.1, 0.15) is 68.7 Å². The summed E-state index contributed by atoms with van der Waals surface area (Å²) in [6.07, 6.45) is 5.53. The molecule has 1 aliphatic carbocycles. The molecule has 2 aromatic rings. The number of nitrogens with zero attached hydrogens (tertiary/aromatic N) is 2. The van der Waals surface area contributed by atoms with Crippen LogP contribution in [0.15, 0.2) is 18.2 Å². The van der Waals surface area contributed by atoms with E-state index in [4.69, 9.17) is 9.47 Å². The van der Waals surface area contributed by atoms with Gasteiger partial charge in [-0.15, -0.1) is 11.3 Å². The number of carbonyl (C=O) groups excluding carboxylic acids is 2. The molecule has 2 unspecified atom stereocenters. The van der Waals surface area contributed by atoms with E-state index < -0.39 is 12.1 Å². The molecular formula is C25H32N2O4S. The topological polar surface area (TPSA) is 68.7 Å². The number of thiazole rings is 1. The smallest absolute Gasteiger partial charge is 0.329 e. The van der Waals surface area contributed by atoms with Crippen molar-refractivity contribution in [2.45, 2.75) is 90.9 Å². The number of hydrogen-bond acceptors (Lipinski definition) is 6. The summed E-state index contributed by atoms with van der Waals surface area (Å²) in [5.41, 5.74) is 2.44. The van der Waals surface area contributed by atoms with Gasteiger partial charge in [-0.25, -0.2) is 9.78 Å². The molecule has 1 aromatic heterocycles. The quantitative estimate of drug-likeness (QED) is 0.530. The molecule has 7 heteroatoms. The molecule has 0 radical (unpaired) electrons. The Kier molecular flexibility index (Phi) is 6.84. The van der Waals surface area contributed by atoms with E-state index >= 15 is 0 Å². The average Bonchev–Trinajstić information content (AvgIpc) is 3.13. The van der Waals surface area contributed by atoms with Crippen molar-refractivity contribution in [2.24, 2.45) is 0 Å². The third kappa shape index (κ3) is 4.40. The minimum absolute atomic E-state index is 0.0464. The SMILES string of the molecule is CCC1Oc2ccc(-c3nc(C)sc3C)cc2N(C(CC)C(=O)OC2CCCCC2)C1=O. The van der Waals surface area contributed by atoms with Crippen LogP contribution in [0.5, 0.6) is 5.75 Å². The Hall–Kier alpha value is -2.41. The Morgan fingerprint density at radius 1 is 1.25 bits per heavy atom. The van der Waals surface area contributed by atoms with Crippen LogP contribution < -0.4 is 9.64 Å². The fraction of sp³-hybridized carbons (Fsp3) is 0.560. The van der Waals surface area contributed by atoms with Crippen molar-refractivity contribution in [1.82, 2.24) is 4.98 Å². The zero-order valence-corrected chi connectivity index (χ0v) is 20.2. The molecule has 2 atom stereocenters. The van der Waals surface area contributed by atoms with Gasteiger partial charge in [0.2, 0.25) is 0 Å². The summed E-state index contributed by atoms with van der Waals surface area (Å²) in [6.45, 7) is 7.87. The van der Waals surface area contributed by atoms with Crippen LogP contribution in [0.4, 0.5) is 5.69 Å². The van der Waals surface area contributed by atoms with E-state index in [0.29, 0.717) is 24.3 Å². The predicted octanol–water partition coefficient (Wildman–Crippen LogP) is 5.59. The maximum absolute atomic E-state index is 13.4. The van der Waals surface area contributed by atoms with Crippen molar-refractivity contribution in [3.05, 3.63) is 28.1 Å². The minimum Gasteiger partial charge on any atom is -0.478 e. The first kappa shape index (κ1) is 22.8. The van der Waals surface area contributed by atoms with Gasteiger partial charge in [0.25, 0.3) is 5.91 Å². The molecular weight excluding hydrogens is 424 g/mol. The summed E-state index contributed by atoms with van der Waals surface area (Å²) in [5.74, 6) is 0.117. The second kappa shape index (κ2) is 9.61. The van der Waals surface area contributed by atoms with Crippen LogP contribution >= 0.6 is 11.3 Å². The Morgan fingerprint density at radius 3 is 2.62 bits per heavy atom. The van der Waals surface area contributed by atoms with Crippen molar-refractivity contribution < 1.29 is 19.1 Å². The summed E-state index contributed by atoms with van der Waals surface area (Å²) >= 11 is 1.64. The maximum atomic E-state index is 13.4. The fourth-order valence-corrected chi connectivity index (χ4v) is 5.53. The number of aromatic nitrogens is 1. The Morgan fingerprint density at radius 2 is 2.00 bits per heavy atom. The summed E-state index contributed by atoms with van der Waals surface area (Å²) in [6, 6.07) is 5.12. The molecule has 1 fully saturated rings. The van der Waals surface area contributed by atoms with Crippen LogP contribution in [0.25, 0.3) is 11.3 Å². The summed E-state index contributed by atoms with van der Waals surface area (Å²) < 4.78 is 11.9. The molecule has 2 aliphatic rings. The van der Waals surface area contributed by atoms with E-state index in [1.165, 1.54) is 6.42 Å². The highest BCUT2D eigenvalue weighted by molar-refractivity contribution is 7.11. The second-order valence-corrected chi connectivity index (χ2v) is 10.1. The van der Waals surface area contributed by atoms with Crippen molar-refractivity contribution in [1.29, 1.82) is 0 Å². The highest BCUT2D eigenvalue weighted by Crippen LogP contribution is 2.41. The average molecular weight is 457 g/mol. The number of amides is 1. The van der Waals surface area contributed by atoms with Gasteiger partial charge in [0.1, 0.15) is 17.9 Å². The molecule has 172 valence electrons. The maximum Gasteiger partial charge on any atom is 0.329 e. The van der Waals surface area contributed by atoms with Gasteiger partial charge in [-0.05, 0) is 70.6 Å². The van der Waals surface area contributed by atoms with Gasteiger partial charge in [-0.3, -0.25) is 9.69 Å². The van der Waals surface area contributed by atoms with E-state index in [1.807, 2.05) is 45.9 Å². The number of anilines is 1.